The Morgan fingerprint density at radius 2 is 2.07 bits per heavy atom. The van der Waals surface area contributed by atoms with Crippen molar-refractivity contribution in [3.63, 3.8) is 0 Å². The van der Waals surface area contributed by atoms with Crippen LogP contribution in [0.3, 0.4) is 0 Å². The lowest BCUT2D eigenvalue weighted by Gasteiger charge is -2.18. The molecule has 0 aromatic rings. The van der Waals surface area contributed by atoms with Crippen LogP contribution in [0.15, 0.2) is 0 Å². The Labute approximate surface area is 87.5 Å². The van der Waals surface area contributed by atoms with Gasteiger partial charge in [0.15, 0.2) is 0 Å². The van der Waals surface area contributed by atoms with Crippen molar-refractivity contribution < 1.29 is 8.42 Å². The van der Waals surface area contributed by atoms with Gasteiger partial charge in [0.2, 0.25) is 10.0 Å². The van der Waals surface area contributed by atoms with Gasteiger partial charge in [-0.25, -0.2) is 12.7 Å². The molecule has 0 radical (unpaired) electrons. The summed E-state index contributed by atoms with van der Waals surface area (Å²) in [5.74, 6) is 0.591. The van der Waals surface area contributed by atoms with Crippen LogP contribution >= 0.6 is 0 Å². The number of nitrogens with zero attached hydrogens (tertiary/aromatic N) is 1. The van der Waals surface area contributed by atoms with Crippen molar-refractivity contribution in [1.82, 2.24) is 4.31 Å². The number of hydrogen-bond donors (Lipinski definition) is 0. The monoisotopic (exact) mass is 219 g/mol. The van der Waals surface area contributed by atoms with E-state index in [1.54, 1.807) is 18.2 Å². The Bertz CT molecular complexity index is 272. The van der Waals surface area contributed by atoms with Crippen molar-refractivity contribution in [2.45, 2.75) is 45.3 Å². The zero-order valence-corrected chi connectivity index (χ0v) is 10.2. The molecule has 0 bridgehead atoms. The van der Waals surface area contributed by atoms with Crippen LogP contribution in [0.25, 0.3) is 0 Å². The van der Waals surface area contributed by atoms with Gasteiger partial charge in [-0.1, -0.05) is 13.3 Å². The average Bonchev–Trinajstić information content (AvgIpc) is 2.53. The lowest BCUT2D eigenvalue weighted by Crippen LogP contribution is -2.34. The molecule has 1 atom stereocenters. The Kier molecular flexibility index (Phi) is 3.95. The number of sulfonamides is 1. The first-order valence-corrected chi connectivity index (χ1v) is 6.97. The van der Waals surface area contributed by atoms with Gasteiger partial charge in [0.1, 0.15) is 0 Å². The molecule has 1 saturated heterocycles. The smallest absolute Gasteiger partial charge is 0.212 e. The topological polar surface area (TPSA) is 37.4 Å². The fourth-order valence-electron chi connectivity index (χ4n) is 1.97. The highest BCUT2D eigenvalue weighted by atomic mass is 32.2. The van der Waals surface area contributed by atoms with Gasteiger partial charge in [0, 0.05) is 13.1 Å². The molecule has 1 heterocycles. The second kappa shape index (κ2) is 4.62. The van der Waals surface area contributed by atoms with Crippen molar-refractivity contribution >= 4 is 10.0 Å². The van der Waals surface area contributed by atoms with Gasteiger partial charge in [-0.3, -0.25) is 0 Å². The van der Waals surface area contributed by atoms with Crippen LogP contribution in [0, 0.1) is 5.92 Å². The summed E-state index contributed by atoms with van der Waals surface area (Å²) in [4.78, 5) is 0. The predicted molar refractivity (Wildman–Crippen MR) is 58.6 cm³/mol. The van der Waals surface area contributed by atoms with Crippen LogP contribution in [0.1, 0.15) is 40.0 Å². The van der Waals surface area contributed by atoms with Gasteiger partial charge in [-0.05, 0) is 32.6 Å². The minimum atomic E-state index is -2.99. The number of hydrogen-bond acceptors (Lipinski definition) is 2. The summed E-state index contributed by atoms with van der Waals surface area (Å²) in [6.07, 6.45) is 3.35. The van der Waals surface area contributed by atoms with Crippen molar-refractivity contribution in [2.24, 2.45) is 5.92 Å². The van der Waals surface area contributed by atoms with E-state index in [2.05, 4.69) is 6.92 Å². The molecule has 0 spiro atoms. The molecule has 14 heavy (non-hydrogen) atoms. The molecule has 1 unspecified atom stereocenters. The van der Waals surface area contributed by atoms with Gasteiger partial charge in [-0.2, -0.15) is 0 Å². The van der Waals surface area contributed by atoms with Crippen molar-refractivity contribution in [2.75, 3.05) is 13.1 Å². The lowest BCUT2D eigenvalue weighted by molar-refractivity contribution is 0.440. The molecule has 0 aromatic carbocycles. The molecule has 3 nitrogen and oxygen atoms in total. The van der Waals surface area contributed by atoms with Gasteiger partial charge in [0.05, 0.1) is 5.25 Å². The molecule has 1 rings (SSSR count). The van der Waals surface area contributed by atoms with Crippen LogP contribution in [-0.4, -0.2) is 31.1 Å². The third kappa shape index (κ3) is 2.48. The summed E-state index contributed by atoms with van der Waals surface area (Å²) in [5.41, 5.74) is 0. The van der Waals surface area contributed by atoms with Crippen molar-refractivity contribution in [3.8, 4) is 0 Å². The van der Waals surface area contributed by atoms with Crippen LogP contribution in [0.4, 0.5) is 0 Å². The van der Waals surface area contributed by atoms with Crippen LogP contribution in [0.2, 0.25) is 0 Å². The van der Waals surface area contributed by atoms with E-state index in [1.165, 1.54) is 0 Å². The molecule has 0 N–H and O–H groups in total. The molecule has 0 amide bonds. The van der Waals surface area contributed by atoms with Gasteiger partial charge in [-0.15, -0.1) is 0 Å². The van der Waals surface area contributed by atoms with Crippen molar-refractivity contribution in [3.05, 3.63) is 0 Å². The van der Waals surface area contributed by atoms with Gasteiger partial charge in [0.25, 0.3) is 0 Å². The molecular weight excluding hydrogens is 198 g/mol. The minimum Gasteiger partial charge on any atom is -0.212 e. The quantitative estimate of drug-likeness (QED) is 0.723. The highest BCUT2D eigenvalue weighted by Crippen LogP contribution is 2.24. The van der Waals surface area contributed by atoms with E-state index < -0.39 is 10.0 Å². The highest BCUT2D eigenvalue weighted by Gasteiger charge is 2.32. The summed E-state index contributed by atoms with van der Waals surface area (Å²) in [6.45, 7) is 7.13. The lowest BCUT2D eigenvalue weighted by atomic mass is 10.0. The standard InChI is InChI=1S/C10H21NO2S/c1-4-5-10-6-7-11(8-10)14(12,13)9(2)3/h9-10H,4-8H2,1-3H3. The minimum absolute atomic E-state index is 0.275. The fourth-order valence-corrected chi connectivity index (χ4v) is 3.35. The maximum absolute atomic E-state index is 11.8. The first kappa shape index (κ1) is 12.0. The zero-order chi connectivity index (χ0) is 10.8. The summed E-state index contributed by atoms with van der Waals surface area (Å²) in [7, 11) is -2.99. The van der Waals surface area contributed by atoms with E-state index in [4.69, 9.17) is 0 Å². The van der Waals surface area contributed by atoms with Crippen LogP contribution < -0.4 is 0 Å². The average molecular weight is 219 g/mol. The maximum atomic E-state index is 11.8. The number of rotatable bonds is 4. The molecule has 1 fully saturated rings. The molecule has 1 aliphatic heterocycles. The fraction of sp³-hybridized carbons (Fsp3) is 1.00. The maximum Gasteiger partial charge on any atom is 0.216 e. The Balaban J connectivity index is 2.58. The van der Waals surface area contributed by atoms with E-state index in [9.17, 15) is 8.42 Å². The van der Waals surface area contributed by atoms with E-state index in [-0.39, 0.29) is 5.25 Å². The van der Waals surface area contributed by atoms with Crippen LogP contribution in [-0.2, 0) is 10.0 Å². The third-order valence-electron chi connectivity index (χ3n) is 2.90. The van der Waals surface area contributed by atoms with Crippen molar-refractivity contribution in [1.29, 1.82) is 0 Å². The first-order valence-electron chi connectivity index (χ1n) is 5.47. The molecule has 84 valence electrons. The zero-order valence-electron chi connectivity index (χ0n) is 9.36. The normalized spacial score (nSPS) is 24.7. The Hall–Kier alpha value is -0.0900. The molecule has 0 aromatic heterocycles. The van der Waals surface area contributed by atoms with E-state index >= 15 is 0 Å². The van der Waals surface area contributed by atoms with Crippen LogP contribution in [0.5, 0.6) is 0 Å². The first-order chi connectivity index (χ1) is 6.48. The van der Waals surface area contributed by atoms with E-state index in [1.807, 2.05) is 0 Å². The molecule has 0 aliphatic carbocycles. The predicted octanol–water partition coefficient (Wildman–Crippen LogP) is 1.85. The Morgan fingerprint density at radius 1 is 1.43 bits per heavy atom. The highest BCUT2D eigenvalue weighted by molar-refractivity contribution is 7.89. The Morgan fingerprint density at radius 3 is 2.57 bits per heavy atom. The second-order valence-corrected chi connectivity index (χ2v) is 6.88. The van der Waals surface area contributed by atoms with Gasteiger partial charge >= 0.3 is 0 Å². The summed E-state index contributed by atoms with van der Waals surface area (Å²) in [5, 5.41) is -0.275. The van der Waals surface area contributed by atoms with E-state index in [0.29, 0.717) is 5.92 Å². The largest absolute Gasteiger partial charge is 0.216 e. The second-order valence-electron chi connectivity index (χ2n) is 4.40. The van der Waals surface area contributed by atoms with Gasteiger partial charge < -0.3 is 0 Å². The molecule has 1 aliphatic rings. The summed E-state index contributed by atoms with van der Waals surface area (Å²) >= 11 is 0. The summed E-state index contributed by atoms with van der Waals surface area (Å²) < 4.78 is 25.3. The van der Waals surface area contributed by atoms with E-state index in [0.717, 1.165) is 32.4 Å². The molecule has 4 heteroatoms. The SMILES string of the molecule is CCCC1CCN(S(=O)(=O)C(C)C)C1. The summed E-state index contributed by atoms with van der Waals surface area (Å²) in [6, 6.07) is 0. The molecule has 0 saturated carbocycles. The molecular formula is C10H21NO2S. The third-order valence-corrected chi connectivity index (χ3v) is 5.14.